The number of hydrogen-bond acceptors (Lipinski definition) is 2. The third-order valence-corrected chi connectivity index (χ3v) is 2.37. The molecule has 0 aliphatic heterocycles. The van der Waals surface area contributed by atoms with Gasteiger partial charge in [-0.15, -0.1) is 0 Å². The van der Waals surface area contributed by atoms with Crippen molar-refractivity contribution < 1.29 is 9.53 Å². The Morgan fingerprint density at radius 3 is 2.56 bits per heavy atom. The molecule has 0 aliphatic rings. The molecule has 2 aromatic rings. The van der Waals surface area contributed by atoms with Crippen LogP contribution in [0.2, 0.25) is 0 Å². The van der Waals surface area contributed by atoms with E-state index < -0.39 is 0 Å². The fraction of sp³-hybridized carbons (Fsp3) is 0.0769. The van der Waals surface area contributed by atoms with Crippen molar-refractivity contribution in [3.05, 3.63) is 53.4 Å². The lowest BCUT2D eigenvalue weighted by Crippen LogP contribution is -2.00. The molecule has 0 fully saturated rings. The molecule has 0 amide bonds. The molecular weight excluding hydrogens is 202 g/mol. The molecule has 2 aromatic carbocycles. The van der Waals surface area contributed by atoms with Crippen molar-refractivity contribution in [2.24, 2.45) is 0 Å². The number of carbonyl (C=O) groups is 1. The van der Waals surface area contributed by atoms with Gasteiger partial charge in [0, 0.05) is 0 Å². The highest BCUT2D eigenvalue weighted by molar-refractivity contribution is 5.96. The molecule has 2 rings (SSSR count). The fourth-order valence-corrected chi connectivity index (χ4v) is 1.55. The van der Waals surface area contributed by atoms with Gasteiger partial charge in [0.1, 0.15) is 0 Å². The van der Waals surface area contributed by atoms with Crippen LogP contribution in [0.3, 0.4) is 0 Å². The highest BCUT2D eigenvalue weighted by Gasteiger charge is 2.05. The predicted molar refractivity (Wildman–Crippen MR) is 61.5 cm³/mol. The summed E-state index contributed by atoms with van der Waals surface area (Å²) in [5.74, 6) is -0.351. The number of rotatable bonds is 1. The second kappa shape index (κ2) is 4.03. The maximum atomic E-state index is 11.3. The van der Waals surface area contributed by atoms with Crippen molar-refractivity contribution in [2.45, 2.75) is 0 Å². The number of ether oxygens (including phenoxy) is 1. The Hall–Kier alpha value is -2.34. The highest BCUT2D eigenvalue weighted by Crippen LogP contribution is 2.22. The average Bonchev–Trinajstić information content (AvgIpc) is 2.36. The Labute approximate surface area is 93.1 Å². The third-order valence-electron chi connectivity index (χ3n) is 2.37. The number of esters is 1. The number of benzene rings is 2. The molecule has 0 aliphatic carbocycles. The quantitative estimate of drug-likeness (QED) is 0.535. The van der Waals surface area contributed by atoms with Gasteiger partial charge in [-0.25, -0.2) is 9.64 Å². The van der Waals surface area contributed by atoms with Crippen LogP contribution in [0, 0.1) is 6.57 Å². The van der Waals surface area contributed by atoms with E-state index >= 15 is 0 Å². The molecular formula is C13H9NO2. The molecule has 0 N–H and O–H groups in total. The summed E-state index contributed by atoms with van der Waals surface area (Å²) in [4.78, 5) is 14.7. The molecule has 0 saturated heterocycles. The first-order chi connectivity index (χ1) is 7.74. The van der Waals surface area contributed by atoms with E-state index in [9.17, 15) is 4.79 Å². The Bertz CT molecular complexity index is 596. The van der Waals surface area contributed by atoms with Crippen molar-refractivity contribution in [1.29, 1.82) is 0 Å². The van der Waals surface area contributed by atoms with E-state index in [2.05, 4.69) is 9.58 Å². The standard InChI is InChI=1S/C13H9NO2/c1-14-12-6-5-9-7-11(13(15)16-2)4-3-10(9)8-12/h3-8H,2H3. The minimum atomic E-state index is -0.351. The zero-order valence-corrected chi connectivity index (χ0v) is 8.73. The minimum absolute atomic E-state index is 0.351. The van der Waals surface area contributed by atoms with E-state index in [1.807, 2.05) is 12.1 Å². The smallest absolute Gasteiger partial charge is 0.337 e. The monoisotopic (exact) mass is 211 g/mol. The molecule has 0 aromatic heterocycles. The van der Waals surface area contributed by atoms with Crippen LogP contribution in [0.1, 0.15) is 10.4 Å². The Morgan fingerprint density at radius 2 is 1.88 bits per heavy atom. The maximum Gasteiger partial charge on any atom is 0.337 e. The van der Waals surface area contributed by atoms with Gasteiger partial charge < -0.3 is 4.74 Å². The van der Waals surface area contributed by atoms with E-state index in [1.54, 1.807) is 24.3 Å². The van der Waals surface area contributed by atoms with E-state index in [-0.39, 0.29) is 5.97 Å². The van der Waals surface area contributed by atoms with Crippen LogP contribution in [-0.2, 0) is 4.74 Å². The van der Waals surface area contributed by atoms with Crippen molar-refractivity contribution in [3.63, 3.8) is 0 Å². The van der Waals surface area contributed by atoms with Gasteiger partial charge >= 0.3 is 5.97 Å². The summed E-state index contributed by atoms with van der Waals surface area (Å²) in [7, 11) is 1.36. The van der Waals surface area contributed by atoms with Crippen LogP contribution in [0.4, 0.5) is 5.69 Å². The molecule has 16 heavy (non-hydrogen) atoms. The first kappa shape index (κ1) is 10.2. The van der Waals surface area contributed by atoms with Crippen LogP contribution in [0.25, 0.3) is 15.6 Å². The van der Waals surface area contributed by atoms with Crippen LogP contribution >= 0.6 is 0 Å². The molecule has 0 saturated carbocycles. The molecule has 0 radical (unpaired) electrons. The molecule has 78 valence electrons. The van der Waals surface area contributed by atoms with Gasteiger partial charge in [0.2, 0.25) is 0 Å². The van der Waals surface area contributed by atoms with Crippen molar-refractivity contribution in [2.75, 3.05) is 7.11 Å². The van der Waals surface area contributed by atoms with Gasteiger partial charge in [0.25, 0.3) is 0 Å². The summed E-state index contributed by atoms with van der Waals surface area (Å²) in [6, 6.07) is 10.6. The van der Waals surface area contributed by atoms with Crippen LogP contribution in [-0.4, -0.2) is 13.1 Å². The summed E-state index contributed by atoms with van der Waals surface area (Å²) >= 11 is 0. The van der Waals surface area contributed by atoms with Gasteiger partial charge in [0.05, 0.1) is 19.2 Å². The number of methoxy groups -OCH3 is 1. The zero-order chi connectivity index (χ0) is 11.5. The second-order valence-electron chi connectivity index (χ2n) is 3.35. The SMILES string of the molecule is [C-]#[N+]c1ccc2cc(C(=O)OC)ccc2c1. The Kier molecular flexibility index (Phi) is 2.57. The van der Waals surface area contributed by atoms with E-state index in [4.69, 9.17) is 6.57 Å². The van der Waals surface area contributed by atoms with Crippen molar-refractivity contribution in [1.82, 2.24) is 0 Å². The topological polar surface area (TPSA) is 30.7 Å². The lowest BCUT2D eigenvalue weighted by Gasteiger charge is -2.02. The van der Waals surface area contributed by atoms with Crippen LogP contribution < -0.4 is 0 Å². The summed E-state index contributed by atoms with van der Waals surface area (Å²) < 4.78 is 4.64. The zero-order valence-electron chi connectivity index (χ0n) is 8.73. The third kappa shape index (κ3) is 1.73. The number of carbonyl (C=O) groups excluding carboxylic acids is 1. The number of nitrogens with zero attached hydrogens (tertiary/aromatic N) is 1. The van der Waals surface area contributed by atoms with Crippen molar-refractivity contribution in [3.8, 4) is 0 Å². The molecule has 0 bridgehead atoms. The summed E-state index contributed by atoms with van der Waals surface area (Å²) in [5.41, 5.74) is 1.11. The number of hydrogen-bond donors (Lipinski definition) is 0. The largest absolute Gasteiger partial charge is 0.465 e. The van der Waals surface area contributed by atoms with Gasteiger partial charge in [-0.2, -0.15) is 0 Å². The molecule has 3 heteroatoms. The number of fused-ring (bicyclic) bond motifs is 1. The first-order valence-corrected chi connectivity index (χ1v) is 4.74. The minimum Gasteiger partial charge on any atom is -0.465 e. The van der Waals surface area contributed by atoms with E-state index in [0.717, 1.165) is 10.8 Å². The Balaban J connectivity index is 2.57. The predicted octanol–water partition coefficient (Wildman–Crippen LogP) is 3.18. The first-order valence-electron chi connectivity index (χ1n) is 4.74. The van der Waals surface area contributed by atoms with Gasteiger partial charge in [-0.05, 0) is 29.0 Å². The molecule has 0 unspecified atom stereocenters. The maximum absolute atomic E-state index is 11.3. The van der Waals surface area contributed by atoms with Crippen molar-refractivity contribution >= 4 is 22.4 Å². The average molecular weight is 211 g/mol. The fourth-order valence-electron chi connectivity index (χ4n) is 1.55. The van der Waals surface area contributed by atoms with Crippen LogP contribution in [0.15, 0.2) is 36.4 Å². The van der Waals surface area contributed by atoms with Gasteiger partial charge in [0.15, 0.2) is 5.69 Å². The Morgan fingerprint density at radius 1 is 1.19 bits per heavy atom. The van der Waals surface area contributed by atoms with Crippen LogP contribution in [0.5, 0.6) is 0 Å². The molecule has 0 spiro atoms. The molecule has 0 heterocycles. The molecule has 3 nitrogen and oxygen atoms in total. The van der Waals surface area contributed by atoms with Gasteiger partial charge in [-0.3, -0.25) is 0 Å². The van der Waals surface area contributed by atoms with E-state index in [0.29, 0.717) is 11.3 Å². The lowest BCUT2D eigenvalue weighted by atomic mass is 10.1. The molecule has 0 atom stereocenters. The summed E-state index contributed by atoms with van der Waals surface area (Å²) in [5, 5.41) is 1.87. The lowest BCUT2D eigenvalue weighted by molar-refractivity contribution is 0.0601. The highest BCUT2D eigenvalue weighted by atomic mass is 16.5. The summed E-state index contributed by atoms with van der Waals surface area (Å²) in [6.07, 6.45) is 0. The summed E-state index contributed by atoms with van der Waals surface area (Å²) in [6.45, 7) is 6.91. The van der Waals surface area contributed by atoms with Gasteiger partial charge in [-0.1, -0.05) is 18.2 Å². The van der Waals surface area contributed by atoms with E-state index in [1.165, 1.54) is 7.11 Å². The second-order valence-corrected chi connectivity index (χ2v) is 3.35. The normalized spacial score (nSPS) is 9.75.